The van der Waals surface area contributed by atoms with Gasteiger partial charge in [0.25, 0.3) is 11.8 Å². The van der Waals surface area contributed by atoms with Crippen LogP contribution in [-0.2, 0) is 28.6 Å². The maximum Gasteiger partial charge on any atom is 0.268 e. The van der Waals surface area contributed by atoms with Crippen LogP contribution in [0.15, 0.2) is 30.5 Å². The summed E-state index contributed by atoms with van der Waals surface area (Å²) in [5.74, 6) is -4.61. The Labute approximate surface area is 404 Å². The molecule has 1 aromatic carbocycles. The van der Waals surface area contributed by atoms with E-state index in [4.69, 9.17) is 14.2 Å². The van der Waals surface area contributed by atoms with Crippen molar-refractivity contribution in [2.75, 3.05) is 150 Å². The van der Waals surface area contributed by atoms with Gasteiger partial charge in [-0.1, -0.05) is 6.92 Å². The number of nitrogens with zero attached hydrogens (tertiary/aromatic N) is 3. The van der Waals surface area contributed by atoms with Crippen LogP contribution >= 0.6 is 0 Å². The number of pyridine rings is 1. The average molecular weight is 972 g/mol. The number of halogens is 2. The number of ether oxygens (including phenoxy) is 3. The number of hydrogen-bond donors (Lipinski definition) is 10. The van der Waals surface area contributed by atoms with Gasteiger partial charge in [0.15, 0.2) is 0 Å². The molecule has 4 saturated heterocycles. The first-order valence-corrected chi connectivity index (χ1v) is 24.4. The van der Waals surface area contributed by atoms with Crippen molar-refractivity contribution in [1.82, 2.24) is 57.7 Å². The van der Waals surface area contributed by atoms with Crippen molar-refractivity contribution in [2.24, 2.45) is 5.41 Å². The fraction of sp³-hybridized carbons (Fsp3) is 0.702. The lowest BCUT2D eigenvalue weighted by Crippen LogP contribution is -2.66. The molecule has 22 heteroatoms. The molecule has 1 aromatic heterocycles. The monoisotopic (exact) mass is 972 g/mol. The second-order valence-electron chi connectivity index (χ2n) is 18.4. The van der Waals surface area contributed by atoms with Crippen LogP contribution in [0.1, 0.15) is 55.8 Å². The molecule has 2 aromatic rings. The van der Waals surface area contributed by atoms with Crippen molar-refractivity contribution in [1.29, 1.82) is 5.26 Å². The summed E-state index contributed by atoms with van der Waals surface area (Å²) in [4.78, 5) is 56.5. The van der Waals surface area contributed by atoms with Gasteiger partial charge in [-0.2, -0.15) is 5.26 Å². The molecule has 0 unspecified atom stereocenters. The second-order valence-corrected chi connectivity index (χ2v) is 18.4. The van der Waals surface area contributed by atoms with E-state index in [-0.39, 0.29) is 35.6 Å². The summed E-state index contributed by atoms with van der Waals surface area (Å²) in [6, 6.07) is 7.40. The lowest BCUT2D eigenvalue weighted by molar-refractivity contribution is -0.131. The van der Waals surface area contributed by atoms with Crippen LogP contribution in [0.2, 0.25) is 0 Å². The lowest BCUT2D eigenvalue weighted by atomic mass is 9.90. The van der Waals surface area contributed by atoms with Crippen LogP contribution in [0, 0.1) is 16.7 Å². The van der Waals surface area contributed by atoms with E-state index in [1.54, 1.807) is 18.2 Å². The third kappa shape index (κ3) is 19.9. The number of benzene rings is 1. The number of likely N-dealkylation sites (tertiary alicyclic amines) is 1. The van der Waals surface area contributed by atoms with Gasteiger partial charge in [-0.25, -0.2) is 8.78 Å². The zero-order chi connectivity index (χ0) is 49.2. The molecule has 2 bridgehead atoms. The minimum Gasteiger partial charge on any atom is -0.385 e. The molecule has 0 radical (unpaired) electrons. The van der Waals surface area contributed by atoms with E-state index < -0.39 is 48.8 Å². The number of nitrogens with one attached hydrogen (secondary N) is 10. The molecular formula is C47H75F2N13O7. The Hall–Kier alpha value is -4.70. The molecule has 6 rings (SSSR count). The Morgan fingerprint density at radius 3 is 1.93 bits per heavy atom. The first-order chi connectivity index (χ1) is 33.4. The van der Waals surface area contributed by atoms with Crippen molar-refractivity contribution >= 4 is 40.2 Å². The minimum atomic E-state index is -3.14. The quantitative estimate of drug-likeness (QED) is 0.0641. The smallest absolute Gasteiger partial charge is 0.268 e. The molecule has 4 fully saturated rings. The number of rotatable bonds is 23. The predicted octanol–water partition coefficient (Wildman–Crippen LogP) is -0.321. The number of aromatic nitrogens is 1. The lowest BCUT2D eigenvalue weighted by Gasteiger charge is -2.37. The number of carbonyl (C=O) groups is 4. The van der Waals surface area contributed by atoms with E-state index in [0.29, 0.717) is 103 Å². The Morgan fingerprint density at radius 1 is 0.754 bits per heavy atom. The van der Waals surface area contributed by atoms with E-state index in [1.807, 2.05) is 6.07 Å². The third-order valence-electron chi connectivity index (χ3n) is 12.1. The van der Waals surface area contributed by atoms with Crippen LogP contribution < -0.4 is 53.2 Å². The van der Waals surface area contributed by atoms with Crippen LogP contribution in [0.5, 0.6) is 0 Å². The van der Waals surface area contributed by atoms with Crippen molar-refractivity contribution in [2.45, 2.75) is 63.0 Å². The van der Waals surface area contributed by atoms with Gasteiger partial charge >= 0.3 is 0 Å². The Bertz CT molecular complexity index is 1920. The maximum atomic E-state index is 13.8. The predicted molar refractivity (Wildman–Crippen MR) is 258 cm³/mol. The molecule has 20 nitrogen and oxygen atoms in total. The summed E-state index contributed by atoms with van der Waals surface area (Å²) >= 11 is 0. The van der Waals surface area contributed by atoms with E-state index in [9.17, 15) is 33.2 Å². The highest BCUT2D eigenvalue weighted by molar-refractivity contribution is 6.07. The zero-order valence-corrected chi connectivity index (χ0v) is 40.2. The van der Waals surface area contributed by atoms with Gasteiger partial charge in [0.2, 0.25) is 17.7 Å². The normalized spacial score (nSPS) is 22.5. The number of amides is 4. The SMILES string of the molecule is CC12CNCCNCC(NC(=O)CCCC(=O)NCCCOCCOCCOCCCNc3ccc4nccc(C(=O)NCC(=O)N5CC(F)(F)C[C@H]5C#N)c4c3)(CNCCNC1)CNCCNC2. The number of carbonyl (C=O) groups excluding carboxylic acids is 4. The molecule has 0 aliphatic carbocycles. The highest BCUT2D eigenvalue weighted by Gasteiger charge is 2.47. The number of hydrogen-bond acceptors (Lipinski definition) is 16. The molecule has 1 atom stereocenters. The molecule has 0 spiro atoms. The van der Waals surface area contributed by atoms with Gasteiger partial charge in [-0.15, -0.1) is 0 Å². The largest absolute Gasteiger partial charge is 0.385 e. The number of alkyl halides is 2. The summed E-state index contributed by atoms with van der Waals surface area (Å²) in [6.07, 6.45) is 3.11. The highest BCUT2D eigenvalue weighted by atomic mass is 19.3. The summed E-state index contributed by atoms with van der Waals surface area (Å²) in [7, 11) is 0. The van der Waals surface area contributed by atoms with Crippen molar-refractivity contribution in [3.63, 3.8) is 0 Å². The van der Waals surface area contributed by atoms with Crippen molar-refractivity contribution in [3.05, 3.63) is 36.0 Å². The van der Waals surface area contributed by atoms with E-state index in [2.05, 4.69) is 65.1 Å². The molecule has 384 valence electrons. The summed E-state index contributed by atoms with van der Waals surface area (Å²) in [5, 5.41) is 43.2. The van der Waals surface area contributed by atoms with Crippen molar-refractivity contribution < 1.29 is 42.2 Å². The Balaban J connectivity index is 0.859. The molecule has 5 heterocycles. The van der Waals surface area contributed by atoms with Crippen LogP contribution in [0.4, 0.5) is 14.5 Å². The molecular weight excluding hydrogens is 897 g/mol. The molecule has 4 aliphatic rings. The average Bonchev–Trinajstić information content (AvgIpc) is 3.66. The van der Waals surface area contributed by atoms with E-state index in [0.717, 1.165) is 69.5 Å². The first kappa shape index (κ1) is 55.2. The summed E-state index contributed by atoms with van der Waals surface area (Å²) in [6.45, 7) is 14.1. The van der Waals surface area contributed by atoms with Gasteiger partial charge in [-0.05, 0) is 43.5 Å². The summed E-state index contributed by atoms with van der Waals surface area (Å²) in [5.41, 5.74) is 1.17. The summed E-state index contributed by atoms with van der Waals surface area (Å²) < 4.78 is 44.5. The van der Waals surface area contributed by atoms with E-state index >= 15 is 0 Å². The molecule has 0 saturated carbocycles. The number of anilines is 1. The van der Waals surface area contributed by atoms with Gasteiger partial charge in [0.1, 0.15) is 6.04 Å². The van der Waals surface area contributed by atoms with Crippen LogP contribution in [0.25, 0.3) is 10.9 Å². The topological polar surface area (TPSA) is 256 Å². The van der Waals surface area contributed by atoms with Crippen LogP contribution in [-0.4, -0.2) is 195 Å². The van der Waals surface area contributed by atoms with Crippen molar-refractivity contribution in [3.8, 4) is 6.07 Å². The number of nitriles is 1. The Morgan fingerprint density at radius 2 is 1.32 bits per heavy atom. The Kier molecular flexibility index (Phi) is 23.6. The standard InChI is InChI=1S/C47H75F2N13O7/c1-45-29-51-13-16-54-32-46(33-55-17-14-52-30-45,34-56-18-15-53-31-45)61-42(64)6-2-5-41(63)59-11-4-20-68-22-24-69-23-21-67-19-3-10-57-36-7-8-40-39(25-36)38(9-12-58-40)44(66)60-28-43(65)62-35-47(48,49)26-37(62)27-50/h7-9,12,25,37,51-57H,2-6,10-11,13-24,26,28-35H2,1H3,(H,59,63)(H,60,66)(H,61,64)/t37-,45?,46?/m0/s1. The van der Waals surface area contributed by atoms with Gasteiger partial charge < -0.3 is 72.3 Å². The third-order valence-corrected chi connectivity index (χ3v) is 12.1. The first-order valence-electron chi connectivity index (χ1n) is 24.4. The fourth-order valence-electron chi connectivity index (χ4n) is 8.40. The molecule has 4 aliphatic heterocycles. The number of fused-ring (bicyclic) bond motifs is 16. The minimum absolute atomic E-state index is 0.0673. The molecule has 69 heavy (non-hydrogen) atoms. The van der Waals surface area contributed by atoms with Crippen LogP contribution in [0.3, 0.4) is 0 Å². The fourth-order valence-corrected chi connectivity index (χ4v) is 8.40. The van der Waals surface area contributed by atoms with E-state index in [1.165, 1.54) is 12.3 Å². The highest BCUT2D eigenvalue weighted by Crippen LogP contribution is 2.31. The van der Waals surface area contributed by atoms with Gasteiger partial charge in [-0.3, -0.25) is 24.2 Å². The second kappa shape index (κ2) is 29.5. The maximum absolute atomic E-state index is 13.8. The molecule has 4 amide bonds. The molecule has 10 N–H and O–H groups in total. The van der Waals surface area contributed by atoms with Gasteiger partial charge in [0, 0.05) is 147 Å². The zero-order valence-electron chi connectivity index (χ0n) is 40.2. The van der Waals surface area contributed by atoms with Gasteiger partial charge in [0.05, 0.1) is 62.2 Å².